The summed E-state index contributed by atoms with van der Waals surface area (Å²) in [5, 5.41) is 19.7. The summed E-state index contributed by atoms with van der Waals surface area (Å²) >= 11 is 3.35. The largest absolute Gasteiger partial charge is 0.456 e. The second-order valence-corrected chi connectivity index (χ2v) is 4.98. The fourth-order valence-electron chi connectivity index (χ4n) is 1.65. The lowest BCUT2D eigenvalue weighted by Gasteiger charge is -2.10. The molecule has 0 heterocycles. The van der Waals surface area contributed by atoms with E-state index < -0.39 is 4.92 Å². The zero-order valence-electron chi connectivity index (χ0n) is 10.5. The third-order valence-electron chi connectivity index (χ3n) is 2.65. The third-order valence-corrected chi connectivity index (χ3v) is 3.14. The highest BCUT2D eigenvalue weighted by Crippen LogP contribution is 2.31. The second-order valence-electron chi connectivity index (χ2n) is 4.06. The van der Waals surface area contributed by atoms with Crippen molar-refractivity contribution in [2.24, 2.45) is 0 Å². The van der Waals surface area contributed by atoms with Crippen molar-refractivity contribution in [1.82, 2.24) is 0 Å². The van der Waals surface area contributed by atoms with Gasteiger partial charge in [0.2, 0.25) is 0 Å². The van der Waals surface area contributed by atoms with Crippen molar-refractivity contribution in [2.75, 3.05) is 0 Å². The fourth-order valence-corrected chi connectivity index (χ4v) is 2.13. The SMILES string of the molecule is Cc1cc(Br)ccc1Oc1ccc([N+](=O)[O-])cc1C#N. The number of hydrogen-bond donors (Lipinski definition) is 0. The number of halogens is 1. The van der Waals surface area contributed by atoms with E-state index >= 15 is 0 Å². The summed E-state index contributed by atoms with van der Waals surface area (Å²) in [6.45, 7) is 1.87. The van der Waals surface area contributed by atoms with Crippen LogP contribution in [0.2, 0.25) is 0 Å². The summed E-state index contributed by atoms with van der Waals surface area (Å²) in [4.78, 5) is 10.1. The molecule has 100 valence electrons. The van der Waals surface area contributed by atoms with Gasteiger partial charge < -0.3 is 4.74 Å². The minimum absolute atomic E-state index is 0.126. The lowest BCUT2D eigenvalue weighted by atomic mass is 10.2. The quantitative estimate of drug-likeness (QED) is 0.619. The number of nitriles is 1. The maximum Gasteiger partial charge on any atom is 0.271 e. The van der Waals surface area contributed by atoms with Gasteiger partial charge in [0, 0.05) is 16.6 Å². The van der Waals surface area contributed by atoms with Crippen molar-refractivity contribution in [1.29, 1.82) is 5.26 Å². The van der Waals surface area contributed by atoms with Gasteiger partial charge in [-0.3, -0.25) is 10.1 Å². The number of nitro benzene ring substituents is 1. The number of nitro groups is 1. The molecule has 2 aromatic carbocycles. The molecule has 0 saturated heterocycles. The summed E-state index contributed by atoms with van der Waals surface area (Å²) in [5.74, 6) is 0.891. The molecule has 20 heavy (non-hydrogen) atoms. The first-order valence-corrected chi connectivity index (χ1v) is 6.43. The Morgan fingerprint density at radius 1 is 1.25 bits per heavy atom. The van der Waals surface area contributed by atoms with Crippen molar-refractivity contribution < 1.29 is 9.66 Å². The van der Waals surface area contributed by atoms with E-state index in [1.165, 1.54) is 18.2 Å². The standard InChI is InChI=1S/C14H9BrN2O3/c1-9-6-11(15)2-4-13(9)20-14-5-3-12(17(18)19)7-10(14)8-16/h2-7H,1H3. The van der Waals surface area contributed by atoms with Crippen LogP contribution in [-0.2, 0) is 0 Å². The van der Waals surface area contributed by atoms with Crippen molar-refractivity contribution >= 4 is 21.6 Å². The molecule has 2 rings (SSSR count). The van der Waals surface area contributed by atoms with Crippen LogP contribution in [0.25, 0.3) is 0 Å². The number of ether oxygens (including phenoxy) is 1. The first kappa shape index (κ1) is 14.0. The molecule has 0 N–H and O–H groups in total. The van der Waals surface area contributed by atoms with E-state index in [0.29, 0.717) is 11.5 Å². The number of nitrogens with zero attached hydrogens (tertiary/aromatic N) is 2. The van der Waals surface area contributed by atoms with Crippen LogP contribution in [0.15, 0.2) is 40.9 Å². The molecule has 0 aliphatic heterocycles. The normalized spacial score (nSPS) is 9.85. The molecule has 0 saturated carbocycles. The van der Waals surface area contributed by atoms with Gasteiger partial charge in [-0.25, -0.2) is 0 Å². The summed E-state index contributed by atoms with van der Waals surface area (Å²) in [6.07, 6.45) is 0. The van der Waals surface area contributed by atoms with Crippen molar-refractivity contribution in [3.8, 4) is 17.6 Å². The summed E-state index contributed by atoms with van der Waals surface area (Å²) in [5.41, 5.74) is 0.879. The summed E-state index contributed by atoms with van der Waals surface area (Å²) in [6, 6.07) is 11.3. The van der Waals surface area contributed by atoms with Gasteiger partial charge in [-0.15, -0.1) is 0 Å². The monoisotopic (exact) mass is 332 g/mol. The Bertz CT molecular complexity index is 723. The van der Waals surface area contributed by atoms with Crippen molar-refractivity contribution in [2.45, 2.75) is 6.92 Å². The van der Waals surface area contributed by atoms with E-state index in [1.54, 1.807) is 6.07 Å². The molecule has 0 unspecified atom stereocenters. The van der Waals surface area contributed by atoms with Crippen LogP contribution in [0.4, 0.5) is 5.69 Å². The number of aryl methyl sites for hydroxylation is 1. The molecule has 0 fully saturated rings. The predicted octanol–water partition coefficient (Wildman–Crippen LogP) is 4.33. The zero-order valence-corrected chi connectivity index (χ0v) is 12.0. The van der Waals surface area contributed by atoms with E-state index in [-0.39, 0.29) is 11.3 Å². The lowest BCUT2D eigenvalue weighted by molar-refractivity contribution is -0.384. The molecule has 6 heteroatoms. The van der Waals surface area contributed by atoms with E-state index in [0.717, 1.165) is 10.0 Å². The average Bonchev–Trinajstić information content (AvgIpc) is 2.42. The zero-order chi connectivity index (χ0) is 14.7. The summed E-state index contributed by atoms with van der Waals surface area (Å²) < 4.78 is 6.58. The Balaban J connectivity index is 2.39. The fraction of sp³-hybridized carbons (Fsp3) is 0.0714. The van der Waals surface area contributed by atoms with Gasteiger partial charge in [0.05, 0.1) is 4.92 Å². The van der Waals surface area contributed by atoms with Crippen molar-refractivity contribution in [3.63, 3.8) is 0 Å². The molecule has 0 amide bonds. The van der Waals surface area contributed by atoms with Crippen LogP contribution >= 0.6 is 15.9 Å². The van der Waals surface area contributed by atoms with Gasteiger partial charge in [0.1, 0.15) is 23.1 Å². The van der Waals surface area contributed by atoms with Crippen molar-refractivity contribution in [3.05, 3.63) is 62.1 Å². The molecule has 0 atom stereocenters. The highest BCUT2D eigenvalue weighted by molar-refractivity contribution is 9.10. The second kappa shape index (κ2) is 5.72. The summed E-state index contributed by atoms with van der Waals surface area (Å²) in [7, 11) is 0. The molecule has 0 radical (unpaired) electrons. The highest BCUT2D eigenvalue weighted by atomic mass is 79.9. The lowest BCUT2D eigenvalue weighted by Crippen LogP contribution is -1.93. The molecule has 2 aromatic rings. The van der Waals surface area contributed by atoms with E-state index in [1.807, 2.05) is 25.1 Å². The average molecular weight is 333 g/mol. The number of benzene rings is 2. The van der Waals surface area contributed by atoms with Crippen LogP contribution in [0.1, 0.15) is 11.1 Å². The van der Waals surface area contributed by atoms with Gasteiger partial charge in [-0.05, 0) is 36.8 Å². The van der Waals surface area contributed by atoms with Gasteiger partial charge in [0.15, 0.2) is 0 Å². The van der Waals surface area contributed by atoms with Crippen LogP contribution in [0.3, 0.4) is 0 Å². The number of rotatable bonds is 3. The third kappa shape index (κ3) is 2.95. The first-order valence-electron chi connectivity index (χ1n) is 5.64. The van der Waals surface area contributed by atoms with Crippen LogP contribution in [0.5, 0.6) is 11.5 Å². The molecule has 0 aliphatic rings. The molecular formula is C14H9BrN2O3. The smallest absolute Gasteiger partial charge is 0.271 e. The maximum atomic E-state index is 10.7. The number of non-ortho nitro benzene ring substituents is 1. The van der Waals surface area contributed by atoms with Gasteiger partial charge in [-0.1, -0.05) is 15.9 Å². The first-order chi connectivity index (χ1) is 9.51. The molecule has 0 aliphatic carbocycles. The predicted molar refractivity (Wildman–Crippen MR) is 76.8 cm³/mol. The van der Waals surface area contributed by atoms with E-state index in [4.69, 9.17) is 10.00 Å². The van der Waals surface area contributed by atoms with Crippen LogP contribution in [0, 0.1) is 28.4 Å². The Labute approximate surface area is 123 Å². The number of hydrogen-bond acceptors (Lipinski definition) is 4. The maximum absolute atomic E-state index is 10.7. The molecule has 0 bridgehead atoms. The van der Waals surface area contributed by atoms with Gasteiger partial charge in [0.25, 0.3) is 5.69 Å². The minimum atomic E-state index is -0.546. The van der Waals surface area contributed by atoms with Gasteiger partial charge in [-0.2, -0.15) is 5.26 Å². The Hall–Kier alpha value is -2.39. The highest BCUT2D eigenvalue weighted by Gasteiger charge is 2.13. The Morgan fingerprint density at radius 3 is 2.55 bits per heavy atom. The topological polar surface area (TPSA) is 76.2 Å². The minimum Gasteiger partial charge on any atom is -0.456 e. The van der Waals surface area contributed by atoms with Gasteiger partial charge >= 0.3 is 0 Å². The molecular weight excluding hydrogens is 324 g/mol. The van der Waals surface area contributed by atoms with E-state index in [9.17, 15) is 10.1 Å². The molecule has 5 nitrogen and oxygen atoms in total. The molecule has 0 spiro atoms. The van der Waals surface area contributed by atoms with E-state index in [2.05, 4.69) is 15.9 Å². The Morgan fingerprint density at radius 2 is 1.95 bits per heavy atom. The van der Waals surface area contributed by atoms with Crippen LogP contribution < -0.4 is 4.74 Å². The Kier molecular flexibility index (Phi) is 4.01. The molecule has 0 aromatic heterocycles. The van der Waals surface area contributed by atoms with Crippen LogP contribution in [-0.4, -0.2) is 4.92 Å².